The van der Waals surface area contributed by atoms with E-state index in [9.17, 15) is 0 Å². The summed E-state index contributed by atoms with van der Waals surface area (Å²) < 4.78 is 7.11. The minimum absolute atomic E-state index is 0.901. The van der Waals surface area contributed by atoms with Gasteiger partial charge in [-0.25, -0.2) is 0 Å². The van der Waals surface area contributed by atoms with Gasteiger partial charge in [0.15, 0.2) is 0 Å². The van der Waals surface area contributed by atoms with Crippen molar-refractivity contribution in [3.63, 3.8) is 0 Å². The zero-order valence-corrected chi connectivity index (χ0v) is 14.5. The molecule has 2 nitrogen and oxygen atoms in total. The molecular formula is C18H22BrNO. The Morgan fingerprint density at radius 2 is 1.67 bits per heavy atom. The summed E-state index contributed by atoms with van der Waals surface area (Å²) in [5.74, 6) is 1.82. The van der Waals surface area contributed by atoms with Crippen molar-refractivity contribution in [1.82, 2.24) is 5.32 Å². The largest absolute Gasteiger partial charge is 0.457 e. The molecule has 1 N–H and O–H groups in total. The predicted molar refractivity (Wildman–Crippen MR) is 92.1 cm³/mol. The van der Waals surface area contributed by atoms with Crippen LogP contribution in [0.3, 0.4) is 0 Å². The van der Waals surface area contributed by atoms with Gasteiger partial charge in [0.25, 0.3) is 0 Å². The van der Waals surface area contributed by atoms with Crippen molar-refractivity contribution in [2.75, 3.05) is 6.54 Å². The Morgan fingerprint density at radius 1 is 1.00 bits per heavy atom. The lowest BCUT2D eigenvalue weighted by Crippen LogP contribution is -2.13. The fourth-order valence-electron chi connectivity index (χ4n) is 2.19. The highest BCUT2D eigenvalue weighted by Gasteiger charge is 2.05. The van der Waals surface area contributed by atoms with Gasteiger partial charge in [0, 0.05) is 11.0 Å². The number of ether oxygens (including phenoxy) is 1. The predicted octanol–water partition coefficient (Wildman–Crippen LogP) is 5.36. The number of benzene rings is 2. The van der Waals surface area contributed by atoms with Gasteiger partial charge < -0.3 is 10.1 Å². The first-order valence-electron chi connectivity index (χ1n) is 7.34. The summed E-state index contributed by atoms with van der Waals surface area (Å²) in [6.45, 7) is 8.28. The van der Waals surface area contributed by atoms with Crippen LogP contribution in [0.1, 0.15) is 30.0 Å². The van der Waals surface area contributed by atoms with Gasteiger partial charge in [0.2, 0.25) is 0 Å². The van der Waals surface area contributed by atoms with Crippen LogP contribution in [0.15, 0.2) is 40.9 Å². The molecule has 0 aliphatic rings. The Kier molecular flexibility index (Phi) is 5.83. The van der Waals surface area contributed by atoms with Crippen LogP contribution in [0.25, 0.3) is 0 Å². The Morgan fingerprint density at radius 3 is 2.29 bits per heavy atom. The Hall–Kier alpha value is -1.32. The van der Waals surface area contributed by atoms with Crippen LogP contribution in [0.5, 0.6) is 11.5 Å². The topological polar surface area (TPSA) is 21.3 Å². The molecule has 3 heteroatoms. The molecule has 0 atom stereocenters. The van der Waals surface area contributed by atoms with Gasteiger partial charge in [-0.05, 0) is 67.8 Å². The van der Waals surface area contributed by atoms with E-state index in [0.29, 0.717) is 0 Å². The lowest BCUT2D eigenvalue weighted by atomic mass is 10.1. The molecule has 0 fully saturated rings. The zero-order chi connectivity index (χ0) is 15.2. The van der Waals surface area contributed by atoms with E-state index in [4.69, 9.17) is 4.74 Å². The lowest BCUT2D eigenvalue weighted by molar-refractivity contribution is 0.474. The van der Waals surface area contributed by atoms with Gasteiger partial charge >= 0.3 is 0 Å². The molecule has 0 saturated heterocycles. The molecule has 2 aromatic rings. The summed E-state index contributed by atoms with van der Waals surface area (Å²) in [6.07, 6.45) is 1.16. The van der Waals surface area contributed by atoms with Crippen molar-refractivity contribution < 1.29 is 4.74 Å². The van der Waals surface area contributed by atoms with Crippen molar-refractivity contribution in [3.05, 3.63) is 57.6 Å². The van der Waals surface area contributed by atoms with Crippen molar-refractivity contribution in [2.24, 2.45) is 0 Å². The van der Waals surface area contributed by atoms with E-state index >= 15 is 0 Å². The standard InChI is InChI=1S/C18H22BrNO/c1-4-9-20-12-15-5-7-17(13(2)10-15)21-18-8-6-16(19)11-14(18)3/h5-8,10-11,20H,4,9,12H2,1-3H3. The average molecular weight is 348 g/mol. The van der Waals surface area contributed by atoms with Gasteiger partial charge in [-0.2, -0.15) is 0 Å². The normalized spacial score (nSPS) is 10.7. The average Bonchev–Trinajstić information content (AvgIpc) is 2.44. The van der Waals surface area contributed by atoms with Crippen LogP contribution < -0.4 is 10.1 Å². The maximum atomic E-state index is 6.03. The zero-order valence-electron chi connectivity index (χ0n) is 12.9. The first kappa shape index (κ1) is 16.1. The smallest absolute Gasteiger partial charge is 0.130 e. The molecule has 0 aliphatic carbocycles. The minimum atomic E-state index is 0.901. The summed E-state index contributed by atoms with van der Waals surface area (Å²) in [7, 11) is 0. The fraction of sp³-hybridized carbons (Fsp3) is 0.333. The maximum Gasteiger partial charge on any atom is 0.130 e. The third-order valence-corrected chi connectivity index (χ3v) is 3.85. The maximum absolute atomic E-state index is 6.03. The second-order valence-electron chi connectivity index (χ2n) is 5.29. The van der Waals surface area contributed by atoms with Crippen LogP contribution >= 0.6 is 15.9 Å². The molecule has 112 valence electrons. The van der Waals surface area contributed by atoms with Crippen molar-refractivity contribution >= 4 is 15.9 Å². The van der Waals surface area contributed by atoms with E-state index in [1.54, 1.807) is 0 Å². The summed E-state index contributed by atoms with van der Waals surface area (Å²) in [5, 5.41) is 3.42. The Balaban J connectivity index is 2.10. The summed E-state index contributed by atoms with van der Waals surface area (Å²) >= 11 is 3.47. The van der Waals surface area contributed by atoms with Crippen molar-refractivity contribution in [3.8, 4) is 11.5 Å². The molecule has 0 aromatic heterocycles. The van der Waals surface area contributed by atoms with Crippen molar-refractivity contribution in [2.45, 2.75) is 33.7 Å². The molecule has 0 aliphatic heterocycles. The monoisotopic (exact) mass is 347 g/mol. The first-order chi connectivity index (χ1) is 10.1. The minimum Gasteiger partial charge on any atom is -0.457 e. The molecule has 0 bridgehead atoms. The highest BCUT2D eigenvalue weighted by Crippen LogP contribution is 2.29. The number of aryl methyl sites for hydroxylation is 2. The van der Waals surface area contributed by atoms with E-state index in [1.807, 2.05) is 12.1 Å². The molecule has 21 heavy (non-hydrogen) atoms. The number of halogens is 1. The van der Waals surface area contributed by atoms with Crippen LogP contribution in [-0.2, 0) is 6.54 Å². The van der Waals surface area contributed by atoms with E-state index in [-0.39, 0.29) is 0 Å². The van der Waals surface area contributed by atoms with E-state index < -0.39 is 0 Å². The molecule has 0 heterocycles. The van der Waals surface area contributed by atoms with Crippen LogP contribution in [0.2, 0.25) is 0 Å². The van der Waals surface area contributed by atoms with Gasteiger partial charge in [-0.1, -0.05) is 35.0 Å². The fourth-order valence-corrected chi connectivity index (χ4v) is 2.67. The highest BCUT2D eigenvalue weighted by atomic mass is 79.9. The van der Waals surface area contributed by atoms with Gasteiger partial charge in [0.05, 0.1) is 0 Å². The third kappa shape index (κ3) is 4.58. The third-order valence-electron chi connectivity index (χ3n) is 3.35. The number of rotatable bonds is 6. The molecule has 2 rings (SSSR count). The van der Waals surface area contributed by atoms with E-state index in [2.05, 4.69) is 66.3 Å². The molecule has 0 unspecified atom stereocenters. The summed E-state index contributed by atoms with van der Waals surface area (Å²) in [5.41, 5.74) is 3.58. The molecule has 0 radical (unpaired) electrons. The summed E-state index contributed by atoms with van der Waals surface area (Å²) in [4.78, 5) is 0. The molecular weight excluding hydrogens is 326 g/mol. The van der Waals surface area contributed by atoms with Crippen LogP contribution in [0, 0.1) is 13.8 Å². The summed E-state index contributed by atoms with van der Waals surface area (Å²) in [6, 6.07) is 12.4. The van der Waals surface area contributed by atoms with Crippen LogP contribution in [0.4, 0.5) is 0 Å². The van der Waals surface area contributed by atoms with Gasteiger partial charge in [-0.15, -0.1) is 0 Å². The lowest BCUT2D eigenvalue weighted by Gasteiger charge is -2.13. The number of hydrogen-bond donors (Lipinski definition) is 1. The van der Waals surface area contributed by atoms with Crippen LogP contribution in [-0.4, -0.2) is 6.54 Å². The van der Waals surface area contributed by atoms with Gasteiger partial charge in [0.1, 0.15) is 11.5 Å². The highest BCUT2D eigenvalue weighted by molar-refractivity contribution is 9.10. The number of nitrogens with one attached hydrogen (secondary N) is 1. The van der Waals surface area contributed by atoms with Gasteiger partial charge in [-0.3, -0.25) is 0 Å². The van der Waals surface area contributed by atoms with Crippen molar-refractivity contribution in [1.29, 1.82) is 0 Å². The van der Waals surface area contributed by atoms with E-state index in [0.717, 1.165) is 46.6 Å². The first-order valence-corrected chi connectivity index (χ1v) is 8.13. The molecule has 0 spiro atoms. The molecule has 0 saturated carbocycles. The van der Waals surface area contributed by atoms with E-state index in [1.165, 1.54) is 5.56 Å². The quantitative estimate of drug-likeness (QED) is 0.710. The Bertz CT molecular complexity index is 610. The SMILES string of the molecule is CCCNCc1ccc(Oc2ccc(Br)cc2C)c(C)c1. The second kappa shape index (κ2) is 7.62. The second-order valence-corrected chi connectivity index (χ2v) is 6.20. The molecule has 2 aromatic carbocycles. The Labute approximate surface area is 135 Å². The molecule has 0 amide bonds. The number of hydrogen-bond acceptors (Lipinski definition) is 2.